The molecule has 0 saturated carbocycles. The number of nitrogens with zero attached hydrogens (tertiary/aromatic N) is 4. The molecule has 0 N–H and O–H groups in total. The van der Waals surface area contributed by atoms with E-state index in [1.165, 1.54) is 24.2 Å². The molecule has 0 aliphatic carbocycles. The van der Waals surface area contributed by atoms with Gasteiger partial charge in [0, 0.05) is 0 Å². The van der Waals surface area contributed by atoms with Crippen LogP contribution in [0, 0.1) is 0 Å². The number of hydrogen-bond acceptors (Lipinski definition) is 6. The average Bonchev–Trinajstić information content (AvgIpc) is 2.59. The molecule has 0 fully saturated rings. The first kappa shape index (κ1) is 5.48. The molecule has 0 amide bonds. The monoisotopic (exact) mass is 154 g/mol. The Morgan fingerprint density at radius 3 is 2.90 bits per heavy atom. The second kappa shape index (κ2) is 2.14. The molecule has 2 rings (SSSR count). The number of hydrogen-bond donors (Lipinski definition) is 0. The summed E-state index contributed by atoms with van der Waals surface area (Å²) in [5.41, 5.74) is 0. The summed E-state index contributed by atoms with van der Waals surface area (Å²) in [6.45, 7) is 0. The third-order valence-corrected chi connectivity index (χ3v) is 1.56. The maximum Gasteiger partial charge on any atom is 0.288 e. The van der Waals surface area contributed by atoms with Crippen molar-refractivity contribution < 1.29 is 4.52 Å². The normalized spacial score (nSPS) is 10.0. The van der Waals surface area contributed by atoms with Gasteiger partial charge in [0.15, 0.2) is 6.33 Å². The molecular weight excluding hydrogens is 152 g/mol. The molecular formula is C4H2N4OS. The van der Waals surface area contributed by atoms with Crippen molar-refractivity contribution in [2.24, 2.45) is 0 Å². The lowest BCUT2D eigenvalue weighted by Gasteiger charge is -1.77. The molecule has 2 aromatic heterocycles. The molecule has 0 saturated heterocycles. The molecule has 5 nitrogen and oxygen atoms in total. The summed E-state index contributed by atoms with van der Waals surface area (Å²) < 4.78 is 8.51. The summed E-state index contributed by atoms with van der Waals surface area (Å²) in [5.74, 6) is 0.419. The highest BCUT2D eigenvalue weighted by Crippen LogP contribution is 2.14. The van der Waals surface area contributed by atoms with E-state index >= 15 is 0 Å². The van der Waals surface area contributed by atoms with Gasteiger partial charge < -0.3 is 4.52 Å². The molecule has 6 heteroatoms. The second-order valence-corrected chi connectivity index (χ2v) is 2.27. The van der Waals surface area contributed by atoms with E-state index in [1.54, 1.807) is 0 Å². The molecule has 0 atom stereocenters. The van der Waals surface area contributed by atoms with Crippen molar-refractivity contribution in [1.82, 2.24) is 19.5 Å². The minimum absolute atomic E-state index is 0.419. The lowest BCUT2D eigenvalue weighted by atomic mass is 10.7. The Morgan fingerprint density at radius 2 is 2.30 bits per heavy atom. The van der Waals surface area contributed by atoms with Crippen LogP contribution in [0.4, 0.5) is 0 Å². The Labute approximate surface area is 59.9 Å². The van der Waals surface area contributed by atoms with Gasteiger partial charge in [-0.15, -0.1) is 0 Å². The summed E-state index contributed by atoms with van der Waals surface area (Å²) in [5, 5.41) is 4.08. The minimum atomic E-state index is 0.419. The van der Waals surface area contributed by atoms with Gasteiger partial charge in [-0.25, -0.2) is 4.98 Å². The summed E-state index contributed by atoms with van der Waals surface area (Å²) in [6, 6.07) is 0. The van der Waals surface area contributed by atoms with Crippen LogP contribution in [-0.4, -0.2) is 19.5 Å². The van der Waals surface area contributed by atoms with Gasteiger partial charge in [-0.2, -0.15) is 9.36 Å². The largest absolute Gasteiger partial charge is 0.332 e. The van der Waals surface area contributed by atoms with E-state index in [1.807, 2.05) is 0 Å². The van der Waals surface area contributed by atoms with Crippen molar-refractivity contribution in [3.8, 4) is 10.9 Å². The standard InChI is InChI=1S/C4H2N4OS/c1-5-3(9-7-1)4-6-2-8-10-4/h1-2H. The van der Waals surface area contributed by atoms with Crippen LogP contribution in [-0.2, 0) is 0 Å². The van der Waals surface area contributed by atoms with Gasteiger partial charge in [0.05, 0.1) is 0 Å². The van der Waals surface area contributed by atoms with Gasteiger partial charge in [-0.05, 0) is 11.5 Å². The Kier molecular flexibility index (Phi) is 1.17. The van der Waals surface area contributed by atoms with Gasteiger partial charge >= 0.3 is 0 Å². The summed E-state index contributed by atoms with van der Waals surface area (Å²) in [7, 11) is 0. The molecule has 0 aliphatic rings. The summed E-state index contributed by atoms with van der Waals surface area (Å²) in [6.07, 6.45) is 2.78. The van der Waals surface area contributed by atoms with Crippen molar-refractivity contribution in [2.45, 2.75) is 0 Å². The first-order valence-electron chi connectivity index (χ1n) is 2.50. The average molecular weight is 154 g/mol. The smallest absolute Gasteiger partial charge is 0.288 e. The van der Waals surface area contributed by atoms with Gasteiger partial charge in [0.25, 0.3) is 5.89 Å². The fourth-order valence-corrected chi connectivity index (χ4v) is 0.991. The van der Waals surface area contributed by atoms with Gasteiger partial charge in [-0.1, -0.05) is 5.16 Å². The van der Waals surface area contributed by atoms with E-state index in [2.05, 4.69) is 19.5 Å². The molecule has 0 aromatic carbocycles. The number of aromatic nitrogens is 4. The van der Waals surface area contributed by atoms with E-state index in [0.717, 1.165) is 0 Å². The quantitative estimate of drug-likeness (QED) is 0.601. The van der Waals surface area contributed by atoms with Crippen LogP contribution >= 0.6 is 11.5 Å². The highest BCUT2D eigenvalue weighted by molar-refractivity contribution is 7.08. The molecule has 50 valence electrons. The highest BCUT2D eigenvalue weighted by atomic mass is 32.1. The van der Waals surface area contributed by atoms with Gasteiger partial charge in [-0.3, -0.25) is 0 Å². The molecule has 0 bridgehead atoms. The van der Waals surface area contributed by atoms with Crippen LogP contribution in [0.15, 0.2) is 17.2 Å². The Morgan fingerprint density at radius 1 is 1.30 bits per heavy atom. The summed E-state index contributed by atoms with van der Waals surface area (Å²) >= 11 is 1.22. The number of rotatable bonds is 1. The van der Waals surface area contributed by atoms with Crippen LogP contribution in [0.2, 0.25) is 0 Å². The zero-order valence-corrected chi connectivity index (χ0v) is 5.58. The van der Waals surface area contributed by atoms with Crippen molar-refractivity contribution in [2.75, 3.05) is 0 Å². The molecule has 0 spiro atoms. The third-order valence-electron chi connectivity index (χ3n) is 0.906. The predicted octanol–water partition coefficient (Wildman–Crippen LogP) is 0.588. The van der Waals surface area contributed by atoms with Crippen LogP contribution in [0.1, 0.15) is 0 Å². The first-order chi connectivity index (χ1) is 4.97. The van der Waals surface area contributed by atoms with Crippen molar-refractivity contribution in [1.29, 1.82) is 0 Å². The Bertz CT molecular complexity index is 257. The van der Waals surface area contributed by atoms with Crippen molar-refractivity contribution in [3.05, 3.63) is 12.7 Å². The lowest BCUT2D eigenvalue weighted by Crippen LogP contribution is -1.71. The van der Waals surface area contributed by atoms with Crippen LogP contribution < -0.4 is 0 Å². The molecule has 10 heavy (non-hydrogen) atoms. The SMILES string of the molecule is c1noc(-c2ncns2)n1. The molecule has 2 aromatic rings. The van der Waals surface area contributed by atoms with Crippen molar-refractivity contribution >= 4 is 11.5 Å². The third kappa shape index (κ3) is 0.781. The first-order valence-corrected chi connectivity index (χ1v) is 3.28. The molecule has 0 radical (unpaired) electrons. The van der Waals surface area contributed by atoms with E-state index in [4.69, 9.17) is 4.52 Å². The molecule has 2 heterocycles. The van der Waals surface area contributed by atoms with Crippen LogP contribution in [0.3, 0.4) is 0 Å². The van der Waals surface area contributed by atoms with Crippen molar-refractivity contribution in [3.63, 3.8) is 0 Å². The van der Waals surface area contributed by atoms with Crippen LogP contribution in [0.25, 0.3) is 10.9 Å². The molecule has 0 unspecified atom stereocenters. The van der Waals surface area contributed by atoms with Gasteiger partial charge in [0.2, 0.25) is 5.01 Å². The highest BCUT2D eigenvalue weighted by Gasteiger charge is 2.05. The van der Waals surface area contributed by atoms with Gasteiger partial charge in [0.1, 0.15) is 6.33 Å². The molecule has 0 aliphatic heterocycles. The summed E-state index contributed by atoms with van der Waals surface area (Å²) in [4.78, 5) is 7.66. The Hall–Kier alpha value is -1.30. The topological polar surface area (TPSA) is 64.7 Å². The maximum atomic E-state index is 4.72. The fraction of sp³-hybridized carbons (Fsp3) is 0. The minimum Gasteiger partial charge on any atom is -0.332 e. The van der Waals surface area contributed by atoms with E-state index < -0.39 is 0 Å². The van der Waals surface area contributed by atoms with E-state index in [-0.39, 0.29) is 0 Å². The van der Waals surface area contributed by atoms with E-state index in [9.17, 15) is 0 Å². The fourth-order valence-electron chi connectivity index (χ4n) is 0.535. The maximum absolute atomic E-state index is 4.72. The van der Waals surface area contributed by atoms with E-state index in [0.29, 0.717) is 10.9 Å². The Balaban J connectivity index is 2.48. The zero-order valence-electron chi connectivity index (χ0n) is 4.76. The second-order valence-electron chi connectivity index (χ2n) is 1.49. The lowest BCUT2D eigenvalue weighted by molar-refractivity contribution is 0.430. The zero-order chi connectivity index (χ0) is 6.81. The van der Waals surface area contributed by atoms with Crippen LogP contribution in [0.5, 0.6) is 0 Å². The predicted molar refractivity (Wildman–Crippen MR) is 33.2 cm³/mol.